The summed E-state index contributed by atoms with van der Waals surface area (Å²) in [5.41, 5.74) is 0.962. The number of nitrogens with one attached hydrogen (secondary N) is 2. The molecule has 0 unspecified atom stereocenters. The van der Waals surface area contributed by atoms with Gasteiger partial charge in [-0.15, -0.1) is 0 Å². The van der Waals surface area contributed by atoms with Gasteiger partial charge in [-0.25, -0.2) is 9.18 Å². The molecule has 11 heteroatoms. The number of benzene rings is 1. The maximum atomic E-state index is 13.5. The van der Waals surface area contributed by atoms with Crippen molar-refractivity contribution in [3.8, 4) is 0 Å². The minimum Gasteiger partial charge on any atom is -0.369 e. The number of carbonyl (C=O) groups excluding carboxylic acids is 3. The molecule has 4 rings (SSSR count). The minimum atomic E-state index is -0.448. The summed E-state index contributed by atoms with van der Waals surface area (Å²) in [5.74, 6) is -0.535. The van der Waals surface area contributed by atoms with Crippen molar-refractivity contribution in [1.29, 1.82) is 0 Å². The predicted molar refractivity (Wildman–Crippen MR) is 123 cm³/mol. The van der Waals surface area contributed by atoms with Gasteiger partial charge in [-0.2, -0.15) is 5.10 Å². The van der Waals surface area contributed by atoms with Crippen molar-refractivity contribution in [2.75, 3.05) is 44.5 Å². The Hall–Kier alpha value is -3.47. The summed E-state index contributed by atoms with van der Waals surface area (Å²) in [6, 6.07) is 4.82. The molecule has 0 bridgehead atoms. The lowest BCUT2D eigenvalue weighted by Crippen LogP contribution is -2.41. The number of rotatable bonds is 8. The van der Waals surface area contributed by atoms with Crippen LogP contribution in [0, 0.1) is 11.7 Å². The highest BCUT2D eigenvalue weighted by atomic mass is 19.1. The molecule has 2 N–H and O–H groups in total. The van der Waals surface area contributed by atoms with Crippen LogP contribution in [0.15, 0.2) is 36.7 Å². The van der Waals surface area contributed by atoms with Crippen molar-refractivity contribution in [3.05, 3.63) is 42.5 Å². The summed E-state index contributed by atoms with van der Waals surface area (Å²) in [5, 5.41) is 9.97. The number of ether oxygens (including phenoxy) is 1. The first-order chi connectivity index (χ1) is 16.3. The van der Waals surface area contributed by atoms with Crippen molar-refractivity contribution < 1.29 is 23.5 Å². The number of aromatic nitrogens is 2. The standard InChI is InChI=1S/C23H29FN6O4/c1-28(2)21(31)14-34-13-20-9-19(30-11-18(10-25-30)26-22(32)15-6-7-15)12-29(20)23(33)27-17-5-3-4-16(24)8-17/h3-5,8,10-11,15,19-20H,6-7,9,12-14H2,1-2H3,(H,26,32)(H,27,33)/t19-,20-/m0/s1. The maximum Gasteiger partial charge on any atom is 0.322 e. The highest BCUT2D eigenvalue weighted by Crippen LogP contribution is 2.31. The number of carbonyl (C=O) groups is 3. The SMILES string of the molecule is CN(C)C(=O)COC[C@@H]1C[C@H](n2cc(NC(=O)C3CC3)cn2)CN1C(=O)Nc1cccc(F)c1. The molecule has 0 spiro atoms. The first-order valence-electron chi connectivity index (χ1n) is 11.3. The average molecular weight is 473 g/mol. The van der Waals surface area contributed by atoms with Crippen LogP contribution in [0.4, 0.5) is 20.6 Å². The molecule has 2 aromatic rings. The molecule has 2 heterocycles. The maximum absolute atomic E-state index is 13.5. The van der Waals surface area contributed by atoms with Crippen LogP contribution in [0.25, 0.3) is 0 Å². The largest absolute Gasteiger partial charge is 0.369 e. The highest BCUT2D eigenvalue weighted by molar-refractivity contribution is 5.93. The van der Waals surface area contributed by atoms with Gasteiger partial charge in [-0.3, -0.25) is 14.3 Å². The number of hydrogen-bond acceptors (Lipinski definition) is 5. The first-order valence-corrected chi connectivity index (χ1v) is 11.3. The second kappa shape index (κ2) is 10.2. The van der Waals surface area contributed by atoms with Gasteiger partial charge in [0.25, 0.3) is 0 Å². The van der Waals surface area contributed by atoms with Gasteiger partial charge in [0, 0.05) is 38.4 Å². The number of nitrogens with zero attached hydrogens (tertiary/aromatic N) is 4. The fraction of sp³-hybridized carbons (Fsp3) is 0.478. The third kappa shape index (κ3) is 5.90. The fourth-order valence-electron chi connectivity index (χ4n) is 3.86. The van der Waals surface area contributed by atoms with E-state index in [2.05, 4.69) is 15.7 Å². The number of urea groups is 1. The molecular weight excluding hydrogens is 443 g/mol. The number of halogens is 1. The van der Waals surface area contributed by atoms with Gasteiger partial charge in [0.15, 0.2) is 0 Å². The van der Waals surface area contributed by atoms with E-state index in [1.807, 2.05) is 0 Å². The molecule has 1 saturated carbocycles. The number of amides is 4. The van der Waals surface area contributed by atoms with Crippen molar-refractivity contribution >= 4 is 29.2 Å². The molecule has 1 aliphatic heterocycles. The third-order valence-corrected chi connectivity index (χ3v) is 5.96. The molecular formula is C23H29FN6O4. The number of likely N-dealkylation sites (N-methyl/N-ethyl adjacent to an activating group) is 1. The topological polar surface area (TPSA) is 109 Å². The number of anilines is 2. The van der Waals surface area contributed by atoms with Crippen LogP contribution in [0.1, 0.15) is 25.3 Å². The van der Waals surface area contributed by atoms with Gasteiger partial charge < -0.3 is 25.2 Å². The predicted octanol–water partition coefficient (Wildman–Crippen LogP) is 2.32. The van der Waals surface area contributed by atoms with Crippen LogP contribution in [-0.4, -0.2) is 77.3 Å². The summed E-state index contributed by atoms with van der Waals surface area (Å²) >= 11 is 0. The van der Waals surface area contributed by atoms with Crippen molar-refractivity contribution in [1.82, 2.24) is 19.6 Å². The Balaban J connectivity index is 1.43. The fourth-order valence-corrected chi connectivity index (χ4v) is 3.86. The number of likely N-dealkylation sites (tertiary alicyclic amines) is 1. The monoisotopic (exact) mass is 472 g/mol. The minimum absolute atomic E-state index is 0.00101. The summed E-state index contributed by atoms with van der Waals surface area (Å²) in [6.45, 7) is 0.417. The Kier molecular flexibility index (Phi) is 7.11. The van der Waals surface area contributed by atoms with Crippen LogP contribution in [-0.2, 0) is 14.3 Å². The second-order valence-corrected chi connectivity index (χ2v) is 8.91. The van der Waals surface area contributed by atoms with E-state index in [1.165, 1.54) is 23.1 Å². The van der Waals surface area contributed by atoms with Gasteiger partial charge in [-0.05, 0) is 37.5 Å². The van der Waals surface area contributed by atoms with Crippen LogP contribution in [0.3, 0.4) is 0 Å². The summed E-state index contributed by atoms with van der Waals surface area (Å²) < 4.78 is 20.9. The van der Waals surface area contributed by atoms with E-state index < -0.39 is 11.8 Å². The zero-order chi connectivity index (χ0) is 24.2. The average Bonchev–Trinajstić information content (AvgIpc) is 3.40. The van der Waals surface area contributed by atoms with Gasteiger partial charge in [0.05, 0.1) is 30.6 Å². The van der Waals surface area contributed by atoms with E-state index in [0.29, 0.717) is 24.3 Å². The Bertz CT molecular complexity index is 1050. The lowest BCUT2D eigenvalue weighted by Gasteiger charge is -2.25. The molecule has 1 saturated heterocycles. The van der Waals surface area contributed by atoms with Gasteiger partial charge in [-0.1, -0.05) is 6.07 Å². The Morgan fingerprint density at radius 3 is 2.71 bits per heavy atom. The van der Waals surface area contributed by atoms with E-state index in [9.17, 15) is 18.8 Å². The Labute approximate surface area is 197 Å². The molecule has 2 fully saturated rings. The van der Waals surface area contributed by atoms with E-state index in [4.69, 9.17) is 4.74 Å². The lowest BCUT2D eigenvalue weighted by molar-refractivity contribution is -0.133. The molecule has 34 heavy (non-hydrogen) atoms. The van der Waals surface area contributed by atoms with E-state index in [-0.39, 0.29) is 43.0 Å². The zero-order valence-electron chi connectivity index (χ0n) is 19.2. The molecule has 2 aliphatic rings. The first kappa shape index (κ1) is 23.7. The molecule has 10 nitrogen and oxygen atoms in total. The Morgan fingerprint density at radius 2 is 2.00 bits per heavy atom. The molecule has 4 amide bonds. The summed E-state index contributed by atoms with van der Waals surface area (Å²) in [7, 11) is 3.29. The normalized spacial score (nSPS) is 19.7. The van der Waals surface area contributed by atoms with Crippen LogP contribution < -0.4 is 10.6 Å². The van der Waals surface area contributed by atoms with Gasteiger partial charge in [0.1, 0.15) is 12.4 Å². The molecule has 1 aliphatic carbocycles. The van der Waals surface area contributed by atoms with E-state index in [1.54, 1.807) is 42.1 Å². The van der Waals surface area contributed by atoms with Gasteiger partial charge in [0.2, 0.25) is 11.8 Å². The molecule has 182 valence electrons. The van der Waals surface area contributed by atoms with E-state index in [0.717, 1.165) is 12.8 Å². The lowest BCUT2D eigenvalue weighted by atomic mass is 10.2. The van der Waals surface area contributed by atoms with Crippen LogP contribution in [0.5, 0.6) is 0 Å². The quantitative estimate of drug-likeness (QED) is 0.613. The molecule has 1 aromatic heterocycles. The smallest absolute Gasteiger partial charge is 0.322 e. The Morgan fingerprint density at radius 1 is 1.21 bits per heavy atom. The summed E-state index contributed by atoms with van der Waals surface area (Å²) in [4.78, 5) is 40.0. The zero-order valence-corrected chi connectivity index (χ0v) is 19.2. The third-order valence-electron chi connectivity index (χ3n) is 5.96. The summed E-state index contributed by atoms with van der Waals surface area (Å²) in [6.07, 6.45) is 5.72. The molecule has 1 aromatic carbocycles. The van der Waals surface area contributed by atoms with Gasteiger partial charge >= 0.3 is 6.03 Å². The highest BCUT2D eigenvalue weighted by Gasteiger charge is 2.37. The molecule has 0 radical (unpaired) electrons. The van der Waals surface area contributed by atoms with Crippen LogP contribution in [0.2, 0.25) is 0 Å². The van der Waals surface area contributed by atoms with E-state index >= 15 is 0 Å². The second-order valence-electron chi connectivity index (χ2n) is 8.91. The van der Waals surface area contributed by atoms with Crippen molar-refractivity contribution in [2.45, 2.75) is 31.3 Å². The molecule has 2 atom stereocenters. The number of hydrogen-bond donors (Lipinski definition) is 2. The van der Waals surface area contributed by atoms with Crippen LogP contribution >= 0.6 is 0 Å². The van der Waals surface area contributed by atoms with Crippen molar-refractivity contribution in [2.24, 2.45) is 5.92 Å². The van der Waals surface area contributed by atoms with Crippen molar-refractivity contribution in [3.63, 3.8) is 0 Å².